The summed E-state index contributed by atoms with van der Waals surface area (Å²) in [6, 6.07) is 2.50. The Hall–Kier alpha value is -0.550. The van der Waals surface area contributed by atoms with Gasteiger partial charge in [-0.2, -0.15) is 5.26 Å². The summed E-state index contributed by atoms with van der Waals surface area (Å²) >= 11 is 0. The molecule has 0 spiro atoms. The number of aliphatic hydroxyl groups is 1. The van der Waals surface area contributed by atoms with Crippen molar-refractivity contribution in [1.29, 1.82) is 5.26 Å². The van der Waals surface area contributed by atoms with Crippen molar-refractivity contribution in [2.75, 3.05) is 0 Å². The number of hydrogen-bond acceptors (Lipinski definition) is 2. The van der Waals surface area contributed by atoms with Crippen LogP contribution in [-0.2, 0) is 0 Å². The highest BCUT2D eigenvalue weighted by molar-refractivity contribution is 5.14. The molecule has 2 saturated carbocycles. The lowest BCUT2D eigenvalue weighted by Crippen LogP contribution is -2.45. The van der Waals surface area contributed by atoms with E-state index in [2.05, 4.69) is 13.0 Å². The largest absolute Gasteiger partial charge is 0.388 e. The molecular weight excluding hydrogens is 198 g/mol. The fourth-order valence-electron chi connectivity index (χ4n) is 3.71. The summed E-state index contributed by atoms with van der Waals surface area (Å²) in [6.07, 6.45) is 9.22. The van der Waals surface area contributed by atoms with E-state index in [9.17, 15) is 10.4 Å². The lowest BCUT2D eigenvalue weighted by molar-refractivity contribution is -0.0662. The molecule has 0 amide bonds. The molecule has 0 radical (unpaired) electrons. The van der Waals surface area contributed by atoms with Gasteiger partial charge >= 0.3 is 0 Å². The quantitative estimate of drug-likeness (QED) is 0.690. The van der Waals surface area contributed by atoms with E-state index >= 15 is 0 Å². The number of nitriles is 1. The summed E-state index contributed by atoms with van der Waals surface area (Å²) in [5.41, 5.74) is -1.13. The first-order chi connectivity index (χ1) is 7.62. The minimum Gasteiger partial charge on any atom is -0.388 e. The Kier molecular flexibility index (Phi) is 3.26. The molecule has 1 N–H and O–H groups in total. The van der Waals surface area contributed by atoms with E-state index in [0.717, 1.165) is 44.9 Å². The van der Waals surface area contributed by atoms with Crippen molar-refractivity contribution in [1.82, 2.24) is 0 Å². The first-order valence-corrected chi connectivity index (χ1v) is 6.76. The van der Waals surface area contributed by atoms with Crippen LogP contribution in [0.1, 0.15) is 64.7 Å². The fraction of sp³-hybridized carbons (Fsp3) is 0.929. The first kappa shape index (κ1) is 11.9. The summed E-state index contributed by atoms with van der Waals surface area (Å²) in [4.78, 5) is 0. The molecule has 2 rings (SSSR count). The van der Waals surface area contributed by atoms with Crippen LogP contribution in [0.4, 0.5) is 0 Å². The van der Waals surface area contributed by atoms with Gasteiger partial charge in [0.1, 0.15) is 0 Å². The summed E-state index contributed by atoms with van der Waals surface area (Å²) in [5.74, 6) is 0.604. The Morgan fingerprint density at radius 3 is 2.19 bits per heavy atom. The van der Waals surface area contributed by atoms with Crippen molar-refractivity contribution < 1.29 is 5.11 Å². The van der Waals surface area contributed by atoms with Crippen molar-refractivity contribution in [3.05, 3.63) is 0 Å². The molecule has 0 heterocycles. The van der Waals surface area contributed by atoms with Gasteiger partial charge in [-0.15, -0.1) is 0 Å². The maximum Gasteiger partial charge on any atom is 0.0862 e. The fourth-order valence-corrected chi connectivity index (χ4v) is 3.71. The first-order valence-electron chi connectivity index (χ1n) is 6.76. The Balaban J connectivity index is 2.22. The minimum atomic E-state index is -0.691. The zero-order valence-corrected chi connectivity index (χ0v) is 10.3. The molecule has 2 nitrogen and oxygen atoms in total. The molecule has 16 heavy (non-hydrogen) atoms. The summed E-state index contributed by atoms with van der Waals surface area (Å²) in [5, 5.41) is 20.4. The van der Waals surface area contributed by atoms with Gasteiger partial charge in [-0.1, -0.05) is 32.6 Å². The van der Waals surface area contributed by atoms with Gasteiger partial charge in [-0.25, -0.2) is 0 Å². The third kappa shape index (κ3) is 1.86. The van der Waals surface area contributed by atoms with Crippen molar-refractivity contribution >= 4 is 0 Å². The number of hydrogen-bond donors (Lipinski definition) is 1. The second-order valence-corrected chi connectivity index (χ2v) is 5.99. The van der Waals surface area contributed by atoms with Crippen molar-refractivity contribution in [3.8, 4) is 6.07 Å². The van der Waals surface area contributed by atoms with Crippen LogP contribution >= 0.6 is 0 Å². The minimum absolute atomic E-state index is 0.434. The molecule has 0 aromatic carbocycles. The highest BCUT2D eigenvalue weighted by atomic mass is 16.3. The van der Waals surface area contributed by atoms with Crippen LogP contribution in [0.25, 0.3) is 0 Å². The third-order valence-corrected chi connectivity index (χ3v) is 4.80. The second-order valence-electron chi connectivity index (χ2n) is 5.99. The van der Waals surface area contributed by atoms with Crippen LogP contribution < -0.4 is 0 Å². The Morgan fingerprint density at radius 1 is 1.12 bits per heavy atom. The number of rotatable bonds is 1. The zero-order valence-electron chi connectivity index (χ0n) is 10.3. The van der Waals surface area contributed by atoms with E-state index in [1.165, 1.54) is 12.8 Å². The predicted octanol–water partition coefficient (Wildman–Crippen LogP) is 3.40. The molecule has 0 aromatic rings. The van der Waals surface area contributed by atoms with Gasteiger partial charge < -0.3 is 5.11 Å². The summed E-state index contributed by atoms with van der Waals surface area (Å²) in [6.45, 7) is 2.21. The van der Waals surface area contributed by atoms with Crippen molar-refractivity contribution in [2.24, 2.45) is 11.3 Å². The maximum atomic E-state index is 10.9. The van der Waals surface area contributed by atoms with Gasteiger partial charge in [0.25, 0.3) is 0 Å². The van der Waals surface area contributed by atoms with Crippen LogP contribution in [0, 0.1) is 22.7 Å². The molecule has 0 saturated heterocycles. The van der Waals surface area contributed by atoms with Gasteiger partial charge in [-0.05, 0) is 38.0 Å². The molecule has 2 fully saturated rings. The van der Waals surface area contributed by atoms with Crippen molar-refractivity contribution in [2.45, 2.75) is 70.3 Å². The molecule has 90 valence electrons. The SMILES string of the molecule is CC1CCC(C#N)(C2(O)CCCCCC2)C1. The van der Waals surface area contributed by atoms with Gasteiger partial charge in [0.15, 0.2) is 0 Å². The van der Waals surface area contributed by atoms with Gasteiger partial charge in [-0.3, -0.25) is 0 Å². The molecule has 0 aliphatic heterocycles. The van der Waals surface area contributed by atoms with Crippen LogP contribution in [0.15, 0.2) is 0 Å². The van der Waals surface area contributed by atoms with Gasteiger partial charge in [0.2, 0.25) is 0 Å². The van der Waals surface area contributed by atoms with Crippen molar-refractivity contribution in [3.63, 3.8) is 0 Å². The van der Waals surface area contributed by atoms with Gasteiger partial charge in [0.05, 0.1) is 17.1 Å². The van der Waals surface area contributed by atoms with Crippen LogP contribution in [0.2, 0.25) is 0 Å². The monoisotopic (exact) mass is 221 g/mol. The summed E-state index contributed by atoms with van der Waals surface area (Å²) < 4.78 is 0. The third-order valence-electron chi connectivity index (χ3n) is 4.80. The molecule has 2 unspecified atom stereocenters. The highest BCUT2D eigenvalue weighted by Gasteiger charge is 2.53. The molecule has 2 aliphatic rings. The molecular formula is C14H23NO. The van der Waals surface area contributed by atoms with E-state index in [4.69, 9.17) is 0 Å². The second kappa shape index (κ2) is 4.37. The molecule has 0 aromatic heterocycles. The highest BCUT2D eigenvalue weighted by Crippen LogP contribution is 2.53. The maximum absolute atomic E-state index is 10.9. The predicted molar refractivity (Wildman–Crippen MR) is 63.7 cm³/mol. The van der Waals surface area contributed by atoms with E-state index in [1.54, 1.807) is 0 Å². The Bertz CT molecular complexity index is 286. The molecule has 0 bridgehead atoms. The zero-order chi connectivity index (χ0) is 11.6. The van der Waals surface area contributed by atoms with Crippen LogP contribution in [0.5, 0.6) is 0 Å². The normalized spacial score (nSPS) is 38.9. The van der Waals surface area contributed by atoms with E-state index in [-0.39, 0.29) is 0 Å². The smallest absolute Gasteiger partial charge is 0.0862 e. The Labute approximate surface area is 98.7 Å². The summed E-state index contributed by atoms with van der Waals surface area (Å²) in [7, 11) is 0. The van der Waals surface area contributed by atoms with Gasteiger partial charge in [0, 0.05) is 0 Å². The topological polar surface area (TPSA) is 44.0 Å². The molecule has 2 atom stereocenters. The van der Waals surface area contributed by atoms with E-state index < -0.39 is 11.0 Å². The van der Waals surface area contributed by atoms with E-state index in [1.807, 2.05) is 0 Å². The molecule has 2 aliphatic carbocycles. The lowest BCUT2D eigenvalue weighted by atomic mass is 9.67. The number of nitrogens with zero attached hydrogens (tertiary/aromatic N) is 1. The average Bonchev–Trinajstić information content (AvgIpc) is 2.52. The van der Waals surface area contributed by atoms with Crippen LogP contribution in [0.3, 0.4) is 0 Å². The van der Waals surface area contributed by atoms with Crippen LogP contribution in [-0.4, -0.2) is 10.7 Å². The lowest BCUT2D eigenvalue weighted by Gasteiger charge is -2.40. The van der Waals surface area contributed by atoms with E-state index in [0.29, 0.717) is 5.92 Å². The average molecular weight is 221 g/mol. The molecule has 2 heteroatoms. The Morgan fingerprint density at radius 2 is 1.75 bits per heavy atom. The standard InChI is InChI=1S/C14H23NO/c1-12-6-9-13(10-12,11-15)14(16)7-4-2-3-5-8-14/h12,16H,2-10H2,1H3.